The second kappa shape index (κ2) is 7.68. The van der Waals surface area contributed by atoms with Gasteiger partial charge in [-0.05, 0) is 25.0 Å². The molecule has 0 aliphatic carbocycles. The van der Waals surface area contributed by atoms with Crippen LogP contribution in [0.15, 0.2) is 23.1 Å². The minimum Gasteiger partial charge on any atom is -0.481 e. The van der Waals surface area contributed by atoms with Crippen LogP contribution in [-0.4, -0.2) is 29.3 Å². The number of para-hydroxylation sites is 1. The van der Waals surface area contributed by atoms with E-state index in [1.807, 2.05) is 25.1 Å². The van der Waals surface area contributed by atoms with Crippen LogP contribution < -0.4 is 11.1 Å². The number of aryl methyl sites for hydroxylation is 1. The molecule has 0 saturated carbocycles. The van der Waals surface area contributed by atoms with E-state index in [2.05, 4.69) is 5.32 Å². The number of carboxylic acids is 1. The number of nitrogens with two attached hydrogens (primary N) is 1. The van der Waals surface area contributed by atoms with Crippen LogP contribution in [0, 0.1) is 6.92 Å². The molecule has 0 aliphatic heterocycles. The molecule has 0 heterocycles. The zero-order chi connectivity index (χ0) is 14.3. The van der Waals surface area contributed by atoms with Crippen molar-refractivity contribution in [2.75, 3.05) is 18.0 Å². The van der Waals surface area contributed by atoms with Crippen molar-refractivity contribution in [1.82, 2.24) is 5.32 Å². The molecular formula is C13H18N2O3S. The summed E-state index contributed by atoms with van der Waals surface area (Å²) in [6, 6.07) is 5.70. The summed E-state index contributed by atoms with van der Waals surface area (Å²) in [5.41, 5.74) is 7.60. The number of aliphatic carboxylic acids is 1. The molecule has 0 saturated heterocycles. The second-order valence-electron chi connectivity index (χ2n) is 4.12. The van der Waals surface area contributed by atoms with Crippen LogP contribution in [0.5, 0.6) is 0 Å². The van der Waals surface area contributed by atoms with Gasteiger partial charge in [0.2, 0.25) is 5.91 Å². The molecule has 0 fully saturated rings. The number of nitrogen functional groups attached to an aromatic ring is 1. The van der Waals surface area contributed by atoms with Crippen molar-refractivity contribution in [3.05, 3.63) is 23.8 Å². The van der Waals surface area contributed by atoms with E-state index in [0.29, 0.717) is 18.7 Å². The van der Waals surface area contributed by atoms with Gasteiger partial charge in [0.1, 0.15) is 0 Å². The first-order chi connectivity index (χ1) is 9.00. The van der Waals surface area contributed by atoms with Gasteiger partial charge in [-0.3, -0.25) is 9.59 Å². The average molecular weight is 282 g/mol. The van der Waals surface area contributed by atoms with Gasteiger partial charge in [0.15, 0.2) is 0 Å². The van der Waals surface area contributed by atoms with Crippen LogP contribution in [0.2, 0.25) is 0 Å². The van der Waals surface area contributed by atoms with E-state index in [1.54, 1.807) is 0 Å². The van der Waals surface area contributed by atoms with Gasteiger partial charge in [0.05, 0.1) is 5.75 Å². The molecule has 104 valence electrons. The SMILES string of the molecule is Cc1cccc(SCC(=O)NCCCC(=O)O)c1N. The molecule has 4 N–H and O–H groups in total. The van der Waals surface area contributed by atoms with E-state index in [4.69, 9.17) is 10.8 Å². The lowest BCUT2D eigenvalue weighted by Crippen LogP contribution is -2.26. The number of hydrogen-bond donors (Lipinski definition) is 3. The van der Waals surface area contributed by atoms with Gasteiger partial charge in [-0.1, -0.05) is 12.1 Å². The molecule has 1 aromatic carbocycles. The highest BCUT2D eigenvalue weighted by molar-refractivity contribution is 8.00. The Morgan fingerprint density at radius 3 is 2.84 bits per heavy atom. The van der Waals surface area contributed by atoms with Crippen LogP contribution in [-0.2, 0) is 9.59 Å². The second-order valence-corrected chi connectivity index (χ2v) is 5.14. The Balaban J connectivity index is 2.30. The fourth-order valence-corrected chi connectivity index (χ4v) is 2.32. The predicted molar refractivity (Wildman–Crippen MR) is 76.2 cm³/mol. The average Bonchev–Trinajstić information content (AvgIpc) is 2.36. The van der Waals surface area contributed by atoms with E-state index >= 15 is 0 Å². The number of carbonyl (C=O) groups excluding carboxylic acids is 1. The molecule has 0 atom stereocenters. The Morgan fingerprint density at radius 1 is 1.42 bits per heavy atom. The van der Waals surface area contributed by atoms with Crippen molar-refractivity contribution in [2.24, 2.45) is 0 Å². The molecule has 19 heavy (non-hydrogen) atoms. The molecule has 0 aliphatic rings. The number of carboxylic acid groups (broad SMARTS) is 1. The number of nitrogens with one attached hydrogen (secondary N) is 1. The molecular weight excluding hydrogens is 264 g/mol. The number of rotatable bonds is 7. The summed E-state index contributed by atoms with van der Waals surface area (Å²) in [7, 11) is 0. The number of amides is 1. The highest BCUT2D eigenvalue weighted by Crippen LogP contribution is 2.26. The zero-order valence-corrected chi connectivity index (χ0v) is 11.6. The fourth-order valence-electron chi connectivity index (χ4n) is 1.44. The topological polar surface area (TPSA) is 92.4 Å². The first-order valence-corrected chi connectivity index (χ1v) is 6.95. The molecule has 5 nitrogen and oxygen atoms in total. The third-order valence-corrected chi connectivity index (χ3v) is 3.61. The molecule has 6 heteroatoms. The number of hydrogen-bond acceptors (Lipinski definition) is 4. The smallest absolute Gasteiger partial charge is 0.303 e. The Bertz CT molecular complexity index is 463. The van der Waals surface area contributed by atoms with Crippen LogP contribution in [0.25, 0.3) is 0 Å². The maximum Gasteiger partial charge on any atom is 0.303 e. The normalized spacial score (nSPS) is 10.2. The third-order valence-electron chi connectivity index (χ3n) is 2.53. The highest BCUT2D eigenvalue weighted by atomic mass is 32.2. The van der Waals surface area contributed by atoms with Gasteiger partial charge in [0.25, 0.3) is 0 Å². The molecule has 1 aromatic rings. The van der Waals surface area contributed by atoms with Gasteiger partial charge in [0, 0.05) is 23.5 Å². The standard InChI is InChI=1S/C13H18N2O3S/c1-9-4-2-5-10(13(9)14)19-8-11(16)15-7-3-6-12(17)18/h2,4-5H,3,6-8,14H2,1H3,(H,15,16)(H,17,18). The Hall–Kier alpha value is -1.69. The molecule has 1 amide bonds. The van der Waals surface area contributed by atoms with Gasteiger partial charge in [-0.2, -0.15) is 0 Å². The number of thioether (sulfide) groups is 1. The van der Waals surface area contributed by atoms with Crippen molar-refractivity contribution < 1.29 is 14.7 Å². The van der Waals surface area contributed by atoms with Crippen molar-refractivity contribution in [3.63, 3.8) is 0 Å². The Morgan fingerprint density at radius 2 is 2.16 bits per heavy atom. The predicted octanol–water partition coefficient (Wildman–Crippen LogP) is 1.65. The van der Waals surface area contributed by atoms with E-state index < -0.39 is 5.97 Å². The number of carbonyl (C=O) groups is 2. The fraction of sp³-hybridized carbons (Fsp3) is 0.385. The summed E-state index contributed by atoms with van der Waals surface area (Å²) < 4.78 is 0. The van der Waals surface area contributed by atoms with E-state index in [-0.39, 0.29) is 18.1 Å². The highest BCUT2D eigenvalue weighted by Gasteiger charge is 2.06. The van der Waals surface area contributed by atoms with Crippen LogP contribution in [0.3, 0.4) is 0 Å². The van der Waals surface area contributed by atoms with Crippen molar-refractivity contribution >= 4 is 29.3 Å². The van der Waals surface area contributed by atoms with Crippen LogP contribution >= 0.6 is 11.8 Å². The monoisotopic (exact) mass is 282 g/mol. The van der Waals surface area contributed by atoms with Gasteiger partial charge < -0.3 is 16.2 Å². The number of anilines is 1. The summed E-state index contributed by atoms with van der Waals surface area (Å²) in [5.74, 6) is -0.687. The molecule has 1 rings (SSSR count). The summed E-state index contributed by atoms with van der Waals surface area (Å²) in [6.45, 7) is 2.31. The van der Waals surface area contributed by atoms with Gasteiger partial charge >= 0.3 is 5.97 Å². The van der Waals surface area contributed by atoms with Crippen molar-refractivity contribution in [1.29, 1.82) is 0 Å². The zero-order valence-electron chi connectivity index (χ0n) is 10.8. The minimum atomic E-state index is -0.851. The summed E-state index contributed by atoms with van der Waals surface area (Å²) in [4.78, 5) is 22.7. The first kappa shape index (κ1) is 15.4. The Labute approximate surface area is 116 Å². The quantitative estimate of drug-likeness (QED) is 0.402. The summed E-state index contributed by atoms with van der Waals surface area (Å²) in [5, 5.41) is 11.1. The first-order valence-electron chi connectivity index (χ1n) is 5.97. The maximum atomic E-state index is 11.5. The van der Waals surface area contributed by atoms with Gasteiger partial charge in [-0.25, -0.2) is 0 Å². The van der Waals surface area contributed by atoms with E-state index in [9.17, 15) is 9.59 Å². The largest absolute Gasteiger partial charge is 0.481 e. The lowest BCUT2D eigenvalue weighted by Gasteiger charge is -2.08. The lowest BCUT2D eigenvalue weighted by molar-refractivity contribution is -0.137. The third kappa shape index (κ3) is 5.65. The van der Waals surface area contributed by atoms with Crippen LogP contribution in [0.4, 0.5) is 5.69 Å². The lowest BCUT2D eigenvalue weighted by atomic mass is 10.2. The van der Waals surface area contributed by atoms with Gasteiger partial charge in [-0.15, -0.1) is 11.8 Å². The van der Waals surface area contributed by atoms with Crippen molar-refractivity contribution in [2.45, 2.75) is 24.7 Å². The summed E-state index contributed by atoms with van der Waals surface area (Å²) >= 11 is 1.38. The molecule has 0 aromatic heterocycles. The van der Waals surface area contributed by atoms with Crippen molar-refractivity contribution in [3.8, 4) is 0 Å². The van der Waals surface area contributed by atoms with E-state index in [0.717, 1.165) is 10.5 Å². The number of benzene rings is 1. The van der Waals surface area contributed by atoms with Crippen LogP contribution in [0.1, 0.15) is 18.4 Å². The Kier molecular flexibility index (Phi) is 6.21. The molecule has 0 spiro atoms. The minimum absolute atomic E-state index is 0.0677. The molecule has 0 bridgehead atoms. The molecule has 0 radical (unpaired) electrons. The molecule has 0 unspecified atom stereocenters. The van der Waals surface area contributed by atoms with E-state index in [1.165, 1.54) is 11.8 Å². The maximum absolute atomic E-state index is 11.5. The summed E-state index contributed by atoms with van der Waals surface area (Å²) in [6.07, 6.45) is 0.510.